The van der Waals surface area contributed by atoms with Gasteiger partial charge in [0.15, 0.2) is 0 Å². The van der Waals surface area contributed by atoms with Gasteiger partial charge < -0.3 is 4.42 Å². The molecular formula is C19H16N4O4. The Morgan fingerprint density at radius 2 is 2.04 bits per heavy atom. The molecule has 0 fully saturated rings. The van der Waals surface area contributed by atoms with Crippen molar-refractivity contribution in [3.05, 3.63) is 81.4 Å². The van der Waals surface area contributed by atoms with Crippen LogP contribution in [0.1, 0.15) is 27.2 Å². The van der Waals surface area contributed by atoms with Gasteiger partial charge in [0.1, 0.15) is 11.5 Å². The first-order valence-electron chi connectivity index (χ1n) is 8.05. The van der Waals surface area contributed by atoms with Crippen LogP contribution in [-0.4, -0.2) is 22.0 Å². The van der Waals surface area contributed by atoms with E-state index in [4.69, 9.17) is 4.42 Å². The molecule has 8 heteroatoms. The van der Waals surface area contributed by atoms with E-state index in [1.165, 1.54) is 18.5 Å². The monoisotopic (exact) mass is 364 g/mol. The quantitative estimate of drug-likeness (QED) is 0.422. The standard InChI is InChI=1S/C19H16N4O4/c1-12-13(2)17(23(25)26)7-6-16(12)18-8-5-15(27-18)11-21-22-19(24)14-4-3-9-20-10-14/h3-11H,1-2H3,(H,22,24)/b21-11+. The van der Waals surface area contributed by atoms with E-state index in [2.05, 4.69) is 15.5 Å². The zero-order chi connectivity index (χ0) is 19.4. The number of amides is 1. The molecule has 0 aliphatic heterocycles. The number of carbonyl (C=O) groups is 1. The molecule has 3 aromatic rings. The Labute approximate surface area is 154 Å². The van der Waals surface area contributed by atoms with E-state index in [1.54, 1.807) is 43.5 Å². The first-order chi connectivity index (χ1) is 13.0. The molecule has 0 radical (unpaired) electrons. The molecule has 0 saturated heterocycles. The molecule has 27 heavy (non-hydrogen) atoms. The number of hydrogen-bond donors (Lipinski definition) is 1. The third kappa shape index (κ3) is 3.90. The number of nitro groups is 1. The van der Waals surface area contributed by atoms with Crippen molar-refractivity contribution in [3.63, 3.8) is 0 Å². The average molecular weight is 364 g/mol. The van der Waals surface area contributed by atoms with Crippen molar-refractivity contribution in [1.29, 1.82) is 0 Å². The molecule has 3 rings (SSSR count). The van der Waals surface area contributed by atoms with Gasteiger partial charge in [-0.05, 0) is 49.7 Å². The van der Waals surface area contributed by atoms with Gasteiger partial charge in [-0.25, -0.2) is 5.43 Å². The van der Waals surface area contributed by atoms with Gasteiger partial charge >= 0.3 is 0 Å². The number of rotatable bonds is 5. The molecule has 8 nitrogen and oxygen atoms in total. The highest BCUT2D eigenvalue weighted by atomic mass is 16.6. The molecule has 2 aromatic heterocycles. The van der Waals surface area contributed by atoms with Crippen LogP contribution in [-0.2, 0) is 0 Å². The van der Waals surface area contributed by atoms with Crippen LogP contribution < -0.4 is 5.43 Å². The fourth-order valence-electron chi connectivity index (χ4n) is 2.55. The molecule has 0 spiro atoms. The van der Waals surface area contributed by atoms with E-state index < -0.39 is 4.92 Å². The number of nitrogens with zero attached hydrogens (tertiary/aromatic N) is 3. The van der Waals surface area contributed by atoms with E-state index in [0.717, 1.165) is 11.1 Å². The summed E-state index contributed by atoms with van der Waals surface area (Å²) in [4.78, 5) is 26.4. The normalized spacial score (nSPS) is 10.9. The summed E-state index contributed by atoms with van der Waals surface area (Å²) in [6, 6.07) is 9.85. The fourth-order valence-corrected chi connectivity index (χ4v) is 2.55. The highest BCUT2D eigenvalue weighted by molar-refractivity contribution is 5.94. The van der Waals surface area contributed by atoms with Gasteiger partial charge in [-0.2, -0.15) is 5.10 Å². The van der Waals surface area contributed by atoms with Crippen LogP contribution in [0.15, 0.2) is 58.3 Å². The molecule has 1 aromatic carbocycles. The number of nitro benzene ring substituents is 1. The number of benzene rings is 1. The van der Waals surface area contributed by atoms with Crippen LogP contribution >= 0.6 is 0 Å². The molecule has 0 aliphatic carbocycles. The van der Waals surface area contributed by atoms with Crippen molar-refractivity contribution >= 4 is 17.8 Å². The van der Waals surface area contributed by atoms with Crippen LogP contribution in [0.2, 0.25) is 0 Å². The van der Waals surface area contributed by atoms with Crippen LogP contribution in [0, 0.1) is 24.0 Å². The van der Waals surface area contributed by atoms with E-state index >= 15 is 0 Å². The predicted octanol–water partition coefficient (Wildman–Crippen LogP) is 3.63. The molecule has 0 bridgehead atoms. The second-order valence-corrected chi connectivity index (χ2v) is 5.78. The molecule has 2 heterocycles. The minimum absolute atomic E-state index is 0.0720. The van der Waals surface area contributed by atoms with E-state index in [0.29, 0.717) is 22.6 Å². The summed E-state index contributed by atoms with van der Waals surface area (Å²) in [5.74, 6) is 0.616. The first-order valence-corrected chi connectivity index (χ1v) is 8.05. The molecule has 0 aliphatic rings. The number of furan rings is 1. The van der Waals surface area contributed by atoms with Crippen molar-refractivity contribution in [1.82, 2.24) is 10.4 Å². The largest absolute Gasteiger partial charge is 0.455 e. The topological polar surface area (TPSA) is 111 Å². The second kappa shape index (κ2) is 7.61. The number of hydrazone groups is 1. The lowest BCUT2D eigenvalue weighted by molar-refractivity contribution is -0.385. The molecule has 136 valence electrons. The van der Waals surface area contributed by atoms with Gasteiger partial charge in [-0.15, -0.1) is 0 Å². The molecular weight excluding hydrogens is 348 g/mol. The van der Waals surface area contributed by atoms with Gasteiger partial charge in [0.05, 0.1) is 16.7 Å². The Kier molecular flexibility index (Phi) is 5.07. The van der Waals surface area contributed by atoms with Gasteiger partial charge in [-0.3, -0.25) is 19.9 Å². The van der Waals surface area contributed by atoms with Crippen molar-refractivity contribution in [2.45, 2.75) is 13.8 Å². The van der Waals surface area contributed by atoms with Gasteiger partial charge in [0.2, 0.25) is 0 Å². The first kappa shape index (κ1) is 18.0. The average Bonchev–Trinajstić information content (AvgIpc) is 3.12. The SMILES string of the molecule is Cc1c(-c2ccc(/C=N/NC(=O)c3cccnc3)o2)ccc([N+](=O)[O-])c1C. The van der Waals surface area contributed by atoms with Gasteiger partial charge in [0.25, 0.3) is 11.6 Å². The van der Waals surface area contributed by atoms with Crippen LogP contribution in [0.3, 0.4) is 0 Å². The Morgan fingerprint density at radius 1 is 1.22 bits per heavy atom. The summed E-state index contributed by atoms with van der Waals surface area (Å²) < 4.78 is 5.71. The Hall–Kier alpha value is -3.81. The maximum absolute atomic E-state index is 11.9. The highest BCUT2D eigenvalue weighted by Gasteiger charge is 2.17. The minimum Gasteiger partial charge on any atom is -0.455 e. The van der Waals surface area contributed by atoms with E-state index in [1.807, 2.05) is 6.92 Å². The third-order valence-corrected chi connectivity index (χ3v) is 4.13. The highest BCUT2D eigenvalue weighted by Crippen LogP contribution is 2.31. The van der Waals surface area contributed by atoms with Gasteiger partial charge in [0, 0.05) is 29.6 Å². The summed E-state index contributed by atoms with van der Waals surface area (Å²) in [5, 5.41) is 14.9. The summed E-state index contributed by atoms with van der Waals surface area (Å²) in [6.07, 6.45) is 4.40. The zero-order valence-electron chi connectivity index (χ0n) is 14.7. The maximum atomic E-state index is 11.9. The molecule has 1 amide bonds. The molecule has 0 unspecified atom stereocenters. The number of carbonyl (C=O) groups excluding carboxylic acids is 1. The van der Waals surface area contributed by atoms with Crippen LogP contribution in [0.25, 0.3) is 11.3 Å². The molecule has 0 atom stereocenters. The third-order valence-electron chi connectivity index (χ3n) is 4.13. The zero-order valence-corrected chi connectivity index (χ0v) is 14.7. The van der Waals surface area contributed by atoms with Crippen LogP contribution in [0.5, 0.6) is 0 Å². The van der Waals surface area contributed by atoms with Crippen molar-refractivity contribution in [2.75, 3.05) is 0 Å². The van der Waals surface area contributed by atoms with Crippen molar-refractivity contribution in [3.8, 4) is 11.3 Å². The van der Waals surface area contributed by atoms with Crippen LogP contribution in [0.4, 0.5) is 5.69 Å². The Morgan fingerprint density at radius 3 is 2.74 bits per heavy atom. The Balaban J connectivity index is 1.75. The van der Waals surface area contributed by atoms with Crippen molar-refractivity contribution in [2.24, 2.45) is 5.10 Å². The summed E-state index contributed by atoms with van der Waals surface area (Å²) in [6.45, 7) is 3.51. The summed E-state index contributed by atoms with van der Waals surface area (Å²) >= 11 is 0. The van der Waals surface area contributed by atoms with E-state index in [-0.39, 0.29) is 11.6 Å². The number of pyridine rings is 1. The van der Waals surface area contributed by atoms with Crippen molar-refractivity contribution < 1.29 is 14.1 Å². The lowest BCUT2D eigenvalue weighted by Gasteiger charge is -2.06. The predicted molar refractivity (Wildman–Crippen MR) is 99.6 cm³/mol. The minimum atomic E-state index is -0.405. The summed E-state index contributed by atoms with van der Waals surface area (Å²) in [7, 11) is 0. The fraction of sp³-hybridized carbons (Fsp3) is 0.105. The number of hydrogen-bond acceptors (Lipinski definition) is 6. The second-order valence-electron chi connectivity index (χ2n) is 5.78. The molecule has 1 N–H and O–H groups in total. The smallest absolute Gasteiger partial charge is 0.272 e. The molecule has 0 saturated carbocycles. The lowest BCUT2D eigenvalue weighted by atomic mass is 10.00. The number of aromatic nitrogens is 1. The van der Waals surface area contributed by atoms with Gasteiger partial charge in [-0.1, -0.05) is 0 Å². The lowest BCUT2D eigenvalue weighted by Crippen LogP contribution is -2.17. The number of nitrogens with one attached hydrogen (secondary N) is 1. The van der Waals surface area contributed by atoms with E-state index in [9.17, 15) is 14.9 Å². The Bertz CT molecular complexity index is 1030. The summed E-state index contributed by atoms with van der Waals surface area (Å²) in [5.41, 5.74) is 4.98. The maximum Gasteiger partial charge on any atom is 0.272 e.